The highest BCUT2D eigenvalue weighted by molar-refractivity contribution is 5.77. The van der Waals surface area contributed by atoms with Gasteiger partial charge in [-0.1, -0.05) is 141 Å². The summed E-state index contributed by atoms with van der Waals surface area (Å²) in [6.45, 7) is 5.60. The van der Waals surface area contributed by atoms with Gasteiger partial charge >= 0.3 is 0 Å². The molecule has 0 atom stereocenters. The molecule has 0 aliphatic heterocycles. The number of carbonyl (C=O) groups is 2. The Morgan fingerprint density at radius 3 is 0.952 bits per heavy atom. The van der Waals surface area contributed by atoms with Crippen LogP contribution in [0.3, 0.4) is 0 Å². The van der Waals surface area contributed by atoms with Crippen molar-refractivity contribution in [2.75, 3.05) is 13.1 Å². The van der Waals surface area contributed by atoms with E-state index in [0.717, 1.165) is 25.7 Å². The fourth-order valence-corrected chi connectivity index (χ4v) is 5.29. The summed E-state index contributed by atoms with van der Waals surface area (Å²) in [4.78, 5) is 24.0. The van der Waals surface area contributed by atoms with E-state index in [1.165, 1.54) is 141 Å². The van der Waals surface area contributed by atoms with Crippen molar-refractivity contribution < 1.29 is 9.59 Å². The average molecular weight is 589 g/mol. The monoisotopic (exact) mass is 589 g/mol. The third kappa shape index (κ3) is 34.6. The van der Waals surface area contributed by atoms with Crippen LogP contribution in [0.25, 0.3) is 0 Å². The first-order valence-electron chi connectivity index (χ1n) is 18.5. The molecule has 0 aromatic rings. The van der Waals surface area contributed by atoms with E-state index in [1.54, 1.807) is 0 Å². The van der Waals surface area contributed by atoms with Crippen molar-refractivity contribution in [3.63, 3.8) is 0 Å². The number of allylic oxidation sites excluding steroid dienone is 4. The van der Waals surface area contributed by atoms with Crippen molar-refractivity contribution in [3.8, 4) is 0 Å². The number of unbranched alkanes of at least 4 members (excludes halogenated alkanes) is 22. The van der Waals surface area contributed by atoms with Crippen LogP contribution < -0.4 is 10.6 Å². The first-order valence-corrected chi connectivity index (χ1v) is 18.5. The Morgan fingerprint density at radius 1 is 0.381 bits per heavy atom. The van der Waals surface area contributed by atoms with Crippen LogP contribution in [-0.4, -0.2) is 24.9 Å². The van der Waals surface area contributed by atoms with Gasteiger partial charge in [0, 0.05) is 25.9 Å². The van der Waals surface area contributed by atoms with Gasteiger partial charge in [0.2, 0.25) is 11.8 Å². The Balaban J connectivity index is 3.34. The average Bonchev–Trinajstić information content (AvgIpc) is 2.99. The molecule has 0 fully saturated rings. The van der Waals surface area contributed by atoms with Crippen LogP contribution in [0.4, 0.5) is 0 Å². The van der Waals surface area contributed by atoms with Gasteiger partial charge in [0.25, 0.3) is 0 Å². The lowest BCUT2D eigenvalue weighted by Crippen LogP contribution is -2.34. The highest BCUT2D eigenvalue weighted by Crippen LogP contribution is 2.11. The minimum absolute atomic E-state index is 0.110. The molecule has 0 spiro atoms. The summed E-state index contributed by atoms with van der Waals surface area (Å²) in [5, 5.41) is 5.88. The van der Waals surface area contributed by atoms with Gasteiger partial charge in [0.15, 0.2) is 0 Å². The predicted octanol–water partition coefficient (Wildman–Crippen LogP) is 11.3. The van der Waals surface area contributed by atoms with Crippen molar-refractivity contribution >= 4 is 11.8 Å². The van der Waals surface area contributed by atoms with Gasteiger partial charge in [0.05, 0.1) is 0 Å². The number of hydrogen-bond acceptors (Lipinski definition) is 2. The molecule has 0 rings (SSSR count). The molecule has 4 heteroatoms. The third-order valence-corrected chi connectivity index (χ3v) is 8.10. The normalized spacial score (nSPS) is 11.6. The van der Waals surface area contributed by atoms with Crippen LogP contribution in [0.15, 0.2) is 24.3 Å². The first-order chi connectivity index (χ1) is 20.7. The summed E-state index contributed by atoms with van der Waals surface area (Å²) in [6, 6.07) is 0. The highest BCUT2D eigenvalue weighted by Gasteiger charge is 2.03. The zero-order chi connectivity index (χ0) is 30.6. The Kier molecular flexibility index (Phi) is 34.3. The van der Waals surface area contributed by atoms with E-state index in [-0.39, 0.29) is 11.8 Å². The molecule has 0 bridgehead atoms. The van der Waals surface area contributed by atoms with E-state index in [2.05, 4.69) is 48.8 Å². The van der Waals surface area contributed by atoms with E-state index in [1.807, 2.05) is 0 Å². The van der Waals surface area contributed by atoms with Crippen LogP contribution >= 0.6 is 0 Å². The molecule has 0 saturated carbocycles. The molecule has 0 aromatic heterocycles. The van der Waals surface area contributed by atoms with Gasteiger partial charge in [-0.05, 0) is 64.2 Å². The van der Waals surface area contributed by atoms with E-state index in [9.17, 15) is 9.59 Å². The topological polar surface area (TPSA) is 58.2 Å². The first kappa shape index (κ1) is 40.4. The predicted molar refractivity (Wildman–Crippen MR) is 185 cm³/mol. The SMILES string of the molecule is CCCCCCCC/C=C\CCCCCCCC(=O)NCCNC(=O)CCCCCCC/C=C/CCCCCCCC. The van der Waals surface area contributed by atoms with Crippen molar-refractivity contribution in [3.05, 3.63) is 24.3 Å². The maximum absolute atomic E-state index is 12.0. The molecule has 246 valence electrons. The molecule has 0 saturated heterocycles. The largest absolute Gasteiger partial charge is 0.354 e. The maximum atomic E-state index is 12.0. The second-order valence-electron chi connectivity index (χ2n) is 12.4. The number of rotatable bonds is 33. The number of carbonyl (C=O) groups excluding carboxylic acids is 2. The van der Waals surface area contributed by atoms with Crippen molar-refractivity contribution in [1.82, 2.24) is 10.6 Å². The van der Waals surface area contributed by atoms with Gasteiger partial charge in [0.1, 0.15) is 0 Å². The lowest BCUT2D eigenvalue weighted by Gasteiger charge is -2.07. The molecule has 2 amide bonds. The Morgan fingerprint density at radius 2 is 0.643 bits per heavy atom. The summed E-state index contributed by atoms with van der Waals surface area (Å²) >= 11 is 0. The van der Waals surface area contributed by atoms with Crippen LogP contribution in [0.2, 0.25) is 0 Å². The van der Waals surface area contributed by atoms with E-state index in [0.29, 0.717) is 25.9 Å². The van der Waals surface area contributed by atoms with Gasteiger partial charge in [-0.2, -0.15) is 0 Å². The zero-order valence-corrected chi connectivity index (χ0v) is 28.3. The molecule has 0 unspecified atom stereocenters. The number of hydrogen-bond donors (Lipinski definition) is 2. The van der Waals surface area contributed by atoms with Gasteiger partial charge in [-0.15, -0.1) is 0 Å². The highest BCUT2D eigenvalue weighted by atomic mass is 16.2. The quantitative estimate of drug-likeness (QED) is 0.0591. The second kappa shape index (κ2) is 35.6. The Bertz CT molecular complexity index is 575. The number of nitrogens with one attached hydrogen (secondary N) is 2. The van der Waals surface area contributed by atoms with Gasteiger partial charge in [-0.3, -0.25) is 9.59 Å². The summed E-state index contributed by atoms with van der Waals surface area (Å²) in [5.41, 5.74) is 0. The molecule has 0 aliphatic carbocycles. The van der Waals surface area contributed by atoms with E-state index < -0.39 is 0 Å². The molecule has 0 aromatic carbocycles. The minimum Gasteiger partial charge on any atom is -0.354 e. The molecule has 2 N–H and O–H groups in total. The van der Waals surface area contributed by atoms with E-state index in [4.69, 9.17) is 0 Å². The summed E-state index contributed by atoms with van der Waals surface area (Å²) in [6.07, 6.45) is 43.6. The Hall–Kier alpha value is -1.58. The summed E-state index contributed by atoms with van der Waals surface area (Å²) in [7, 11) is 0. The fourth-order valence-electron chi connectivity index (χ4n) is 5.29. The molecular weight excluding hydrogens is 516 g/mol. The standard InChI is InChI=1S/C38H72N2O2/c1-3-5-7-9-11-13-15-17-19-21-23-25-27-29-31-33-37(41)39-35-36-40-38(42)34-32-30-28-26-24-22-20-18-16-14-12-10-8-6-4-2/h17-20H,3-16,21-36H2,1-2H3,(H,39,41)(H,40,42)/b19-17-,20-18+. The van der Waals surface area contributed by atoms with Crippen LogP contribution in [0, 0.1) is 0 Å². The molecule has 42 heavy (non-hydrogen) atoms. The van der Waals surface area contributed by atoms with Crippen LogP contribution in [-0.2, 0) is 9.59 Å². The fraction of sp³-hybridized carbons (Fsp3) is 0.842. The van der Waals surface area contributed by atoms with E-state index >= 15 is 0 Å². The summed E-state index contributed by atoms with van der Waals surface area (Å²) < 4.78 is 0. The lowest BCUT2D eigenvalue weighted by molar-refractivity contribution is -0.123. The maximum Gasteiger partial charge on any atom is 0.220 e. The minimum atomic E-state index is 0.110. The number of amides is 2. The molecular formula is C38H72N2O2. The van der Waals surface area contributed by atoms with Crippen LogP contribution in [0.1, 0.15) is 194 Å². The lowest BCUT2D eigenvalue weighted by atomic mass is 10.1. The molecule has 4 nitrogen and oxygen atoms in total. The molecule has 0 aliphatic rings. The van der Waals surface area contributed by atoms with Crippen molar-refractivity contribution in [2.45, 2.75) is 194 Å². The van der Waals surface area contributed by atoms with Crippen molar-refractivity contribution in [1.29, 1.82) is 0 Å². The zero-order valence-electron chi connectivity index (χ0n) is 28.3. The van der Waals surface area contributed by atoms with Crippen molar-refractivity contribution in [2.24, 2.45) is 0 Å². The summed E-state index contributed by atoms with van der Waals surface area (Å²) in [5.74, 6) is 0.221. The molecule has 0 heterocycles. The third-order valence-electron chi connectivity index (χ3n) is 8.10. The second-order valence-corrected chi connectivity index (χ2v) is 12.4. The smallest absolute Gasteiger partial charge is 0.220 e. The molecule has 0 radical (unpaired) electrons. The van der Waals surface area contributed by atoms with Crippen LogP contribution in [0.5, 0.6) is 0 Å². The Labute approximate surface area is 262 Å². The van der Waals surface area contributed by atoms with Gasteiger partial charge < -0.3 is 10.6 Å². The van der Waals surface area contributed by atoms with Gasteiger partial charge in [-0.25, -0.2) is 0 Å².